The predicted octanol–water partition coefficient (Wildman–Crippen LogP) is 3.58. The Balaban J connectivity index is 1.97. The number of piperidine rings is 1. The third-order valence-electron chi connectivity index (χ3n) is 4.41. The maximum atomic E-state index is 11.7. The van der Waals surface area contributed by atoms with Gasteiger partial charge in [-0.25, -0.2) is 0 Å². The van der Waals surface area contributed by atoms with Crippen LogP contribution in [0.15, 0.2) is 24.3 Å². The molecule has 0 unspecified atom stereocenters. The van der Waals surface area contributed by atoms with Gasteiger partial charge >= 0.3 is 0 Å². The van der Waals surface area contributed by atoms with E-state index in [-0.39, 0.29) is 5.91 Å². The lowest BCUT2D eigenvalue weighted by Gasteiger charge is -2.35. The van der Waals surface area contributed by atoms with Crippen LogP contribution in [0.3, 0.4) is 0 Å². The number of nitrogens with zero attached hydrogens (tertiary/aromatic N) is 1. The molecule has 2 atom stereocenters. The van der Waals surface area contributed by atoms with Crippen molar-refractivity contribution in [3.63, 3.8) is 0 Å². The summed E-state index contributed by atoms with van der Waals surface area (Å²) in [6, 6.07) is 8.50. The zero-order valence-electron chi connectivity index (χ0n) is 14.3. The van der Waals surface area contributed by atoms with E-state index in [9.17, 15) is 4.79 Å². The minimum absolute atomic E-state index is 0.150. The zero-order valence-corrected chi connectivity index (χ0v) is 14.3. The molecule has 1 aromatic rings. The van der Waals surface area contributed by atoms with E-state index in [0.29, 0.717) is 13.0 Å². The van der Waals surface area contributed by atoms with E-state index in [1.54, 1.807) is 0 Å². The highest BCUT2D eigenvalue weighted by molar-refractivity contribution is 5.75. The molecule has 1 fully saturated rings. The summed E-state index contributed by atoms with van der Waals surface area (Å²) in [7, 11) is 0. The van der Waals surface area contributed by atoms with Crippen molar-refractivity contribution >= 4 is 5.91 Å². The third-order valence-corrected chi connectivity index (χ3v) is 4.41. The second-order valence-corrected chi connectivity index (χ2v) is 6.94. The lowest BCUT2D eigenvalue weighted by molar-refractivity contribution is -0.121. The Kier molecular flexibility index (Phi) is 6.44. The van der Waals surface area contributed by atoms with Crippen LogP contribution in [-0.4, -0.2) is 23.9 Å². The highest BCUT2D eigenvalue weighted by atomic mass is 16.1. The minimum atomic E-state index is 0.150. The minimum Gasteiger partial charge on any atom is -0.352 e. The van der Waals surface area contributed by atoms with Crippen molar-refractivity contribution in [3.05, 3.63) is 35.4 Å². The van der Waals surface area contributed by atoms with Gasteiger partial charge in [-0.15, -0.1) is 0 Å². The van der Waals surface area contributed by atoms with Gasteiger partial charge in [-0.05, 0) is 35.8 Å². The average molecular weight is 302 g/mol. The largest absolute Gasteiger partial charge is 0.352 e. The van der Waals surface area contributed by atoms with Crippen molar-refractivity contribution in [3.8, 4) is 0 Å². The van der Waals surface area contributed by atoms with E-state index in [1.165, 1.54) is 30.6 Å². The lowest BCUT2D eigenvalue weighted by atomic mass is 9.91. The molecular formula is C19H30N2O. The van der Waals surface area contributed by atoms with Gasteiger partial charge in [0.15, 0.2) is 0 Å². The van der Waals surface area contributed by atoms with Gasteiger partial charge in [0, 0.05) is 32.6 Å². The van der Waals surface area contributed by atoms with Crippen LogP contribution >= 0.6 is 0 Å². The summed E-state index contributed by atoms with van der Waals surface area (Å²) in [6.07, 6.45) is 2.85. The topological polar surface area (TPSA) is 32.3 Å². The first-order chi connectivity index (χ1) is 10.6. The van der Waals surface area contributed by atoms with E-state index in [0.717, 1.165) is 24.8 Å². The van der Waals surface area contributed by atoms with Crippen molar-refractivity contribution in [2.24, 2.45) is 11.8 Å². The molecule has 3 nitrogen and oxygen atoms in total. The summed E-state index contributed by atoms with van der Waals surface area (Å²) in [5, 5.41) is 3.04. The van der Waals surface area contributed by atoms with Crippen LogP contribution < -0.4 is 5.32 Å². The summed E-state index contributed by atoms with van der Waals surface area (Å²) >= 11 is 0. The van der Waals surface area contributed by atoms with Crippen LogP contribution in [0.4, 0.5) is 0 Å². The Labute approximate surface area is 135 Å². The van der Waals surface area contributed by atoms with Gasteiger partial charge in [-0.1, -0.05) is 45.0 Å². The Hall–Kier alpha value is -1.35. The predicted molar refractivity (Wildman–Crippen MR) is 91.4 cm³/mol. The zero-order chi connectivity index (χ0) is 15.9. The maximum absolute atomic E-state index is 11.7. The van der Waals surface area contributed by atoms with Crippen molar-refractivity contribution in [1.82, 2.24) is 10.2 Å². The molecule has 1 N–H and O–H groups in total. The number of benzene rings is 1. The fourth-order valence-electron chi connectivity index (χ4n) is 3.56. The number of hydrogen-bond acceptors (Lipinski definition) is 2. The molecule has 122 valence electrons. The molecule has 1 amide bonds. The number of nitrogens with one attached hydrogen (secondary N) is 1. The van der Waals surface area contributed by atoms with E-state index in [4.69, 9.17) is 0 Å². The average Bonchev–Trinajstić information content (AvgIpc) is 2.45. The molecule has 22 heavy (non-hydrogen) atoms. The van der Waals surface area contributed by atoms with Crippen LogP contribution in [0.1, 0.15) is 51.2 Å². The highest BCUT2D eigenvalue weighted by Gasteiger charge is 2.22. The molecule has 0 bridgehead atoms. The van der Waals surface area contributed by atoms with Crippen molar-refractivity contribution < 1.29 is 4.79 Å². The first-order valence-electron chi connectivity index (χ1n) is 8.64. The van der Waals surface area contributed by atoms with E-state index in [1.807, 2.05) is 6.92 Å². The Morgan fingerprint density at radius 1 is 1.18 bits per heavy atom. The quantitative estimate of drug-likeness (QED) is 0.871. The van der Waals surface area contributed by atoms with Gasteiger partial charge in [-0.3, -0.25) is 9.69 Å². The molecule has 0 saturated carbocycles. The smallest absolute Gasteiger partial charge is 0.220 e. The Morgan fingerprint density at radius 2 is 1.82 bits per heavy atom. The standard InChI is InChI=1S/C19H30N2O/c1-4-7-19(22)20-11-17-8-5-6-9-18(17)14-21-12-15(2)10-16(3)13-21/h5-6,8-9,15-16H,4,7,10-14H2,1-3H3,(H,20,22)/t15-,16-/m0/s1. The molecule has 0 radical (unpaired) electrons. The molecule has 0 aromatic heterocycles. The normalized spacial score (nSPS) is 22.5. The van der Waals surface area contributed by atoms with Gasteiger partial charge in [0.2, 0.25) is 5.91 Å². The number of likely N-dealkylation sites (tertiary alicyclic amines) is 1. The first-order valence-corrected chi connectivity index (χ1v) is 8.64. The second-order valence-electron chi connectivity index (χ2n) is 6.94. The van der Waals surface area contributed by atoms with Gasteiger partial charge < -0.3 is 5.32 Å². The molecular weight excluding hydrogens is 272 g/mol. The van der Waals surface area contributed by atoms with E-state index < -0.39 is 0 Å². The number of rotatable bonds is 6. The van der Waals surface area contributed by atoms with Gasteiger partial charge in [0.1, 0.15) is 0 Å². The monoisotopic (exact) mass is 302 g/mol. The molecule has 1 aliphatic heterocycles. The summed E-state index contributed by atoms with van der Waals surface area (Å²) < 4.78 is 0. The first kappa shape index (κ1) is 17.0. The Morgan fingerprint density at radius 3 is 2.45 bits per heavy atom. The van der Waals surface area contributed by atoms with Crippen molar-refractivity contribution in [2.45, 2.75) is 53.1 Å². The van der Waals surface area contributed by atoms with Crippen LogP contribution in [0.2, 0.25) is 0 Å². The molecule has 0 aliphatic carbocycles. The van der Waals surface area contributed by atoms with Crippen LogP contribution in [-0.2, 0) is 17.9 Å². The molecule has 1 aliphatic rings. The Bertz CT molecular complexity index is 476. The van der Waals surface area contributed by atoms with Crippen LogP contribution in [0.25, 0.3) is 0 Å². The molecule has 1 aromatic carbocycles. The summed E-state index contributed by atoms with van der Waals surface area (Å²) in [5.41, 5.74) is 2.60. The van der Waals surface area contributed by atoms with Crippen molar-refractivity contribution in [2.75, 3.05) is 13.1 Å². The maximum Gasteiger partial charge on any atom is 0.220 e. The summed E-state index contributed by atoms with van der Waals surface area (Å²) in [6.45, 7) is 10.7. The molecule has 0 spiro atoms. The van der Waals surface area contributed by atoms with Gasteiger partial charge in [0.05, 0.1) is 0 Å². The summed E-state index contributed by atoms with van der Waals surface area (Å²) in [5.74, 6) is 1.71. The number of hydrogen-bond donors (Lipinski definition) is 1. The third kappa shape index (κ3) is 5.13. The van der Waals surface area contributed by atoms with E-state index in [2.05, 4.69) is 48.3 Å². The lowest BCUT2D eigenvalue weighted by Crippen LogP contribution is -2.38. The fourth-order valence-corrected chi connectivity index (χ4v) is 3.56. The number of amides is 1. The van der Waals surface area contributed by atoms with Crippen LogP contribution in [0, 0.1) is 11.8 Å². The fraction of sp³-hybridized carbons (Fsp3) is 0.632. The number of carbonyl (C=O) groups excluding carboxylic acids is 1. The van der Waals surface area contributed by atoms with Gasteiger partial charge in [0.25, 0.3) is 0 Å². The molecule has 1 saturated heterocycles. The molecule has 2 rings (SSSR count). The molecule has 3 heteroatoms. The molecule has 1 heterocycles. The van der Waals surface area contributed by atoms with E-state index >= 15 is 0 Å². The second kappa shape index (κ2) is 8.33. The highest BCUT2D eigenvalue weighted by Crippen LogP contribution is 2.23. The van der Waals surface area contributed by atoms with Crippen molar-refractivity contribution in [1.29, 1.82) is 0 Å². The summed E-state index contributed by atoms with van der Waals surface area (Å²) in [4.78, 5) is 14.2. The SMILES string of the molecule is CCCC(=O)NCc1ccccc1CN1C[C@@H](C)C[C@H](C)C1. The number of carbonyl (C=O) groups is 1. The van der Waals surface area contributed by atoms with Crippen LogP contribution in [0.5, 0.6) is 0 Å². The van der Waals surface area contributed by atoms with Gasteiger partial charge in [-0.2, -0.15) is 0 Å².